The molecule has 9 heteroatoms. The van der Waals surface area contributed by atoms with Crippen LogP contribution in [0.2, 0.25) is 0 Å². The van der Waals surface area contributed by atoms with Crippen LogP contribution in [0, 0.1) is 5.82 Å². The molecule has 0 fully saturated rings. The van der Waals surface area contributed by atoms with Crippen LogP contribution in [0.3, 0.4) is 0 Å². The average molecular weight is 361 g/mol. The number of aliphatic carboxylic acids is 1. The number of amides is 1. The first-order valence-corrected chi connectivity index (χ1v) is 7.11. The summed E-state index contributed by atoms with van der Waals surface area (Å²) in [4.78, 5) is 35.4. The molecule has 2 aromatic rings. The molecular formula is C17H16FN3O5. The lowest BCUT2D eigenvalue weighted by atomic mass is 10.2. The molecule has 1 aromatic heterocycles. The Bertz CT molecular complexity index is 835. The minimum atomic E-state index is -1.25. The van der Waals surface area contributed by atoms with Gasteiger partial charge in [0, 0.05) is 25.0 Å². The highest BCUT2D eigenvalue weighted by Crippen LogP contribution is 2.08. The molecule has 1 amide bonds. The van der Waals surface area contributed by atoms with Gasteiger partial charge in [-0.1, -0.05) is 12.1 Å². The largest absolute Gasteiger partial charge is 0.478 e. The second-order valence-corrected chi connectivity index (χ2v) is 4.86. The van der Waals surface area contributed by atoms with Gasteiger partial charge in [0.05, 0.1) is 0 Å². The van der Waals surface area contributed by atoms with Gasteiger partial charge in [0.25, 0.3) is 0 Å². The number of halogens is 1. The molecule has 0 radical (unpaired) electrons. The lowest BCUT2D eigenvalue weighted by Gasteiger charge is -2.02. The Hall–Kier alpha value is -3.75. The first kappa shape index (κ1) is 20.3. The number of benzene rings is 1. The van der Waals surface area contributed by atoms with Crippen molar-refractivity contribution in [2.45, 2.75) is 6.92 Å². The van der Waals surface area contributed by atoms with E-state index in [1.807, 2.05) is 0 Å². The summed E-state index contributed by atoms with van der Waals surface area (Å²) in [6.45, 7) is 1.21. The SMILES string of the molecule is CC(=O)NC(=Cc1ccc(F)cc1)C(=O)O.Nc1ccncc1C(=O)O. The summed E-state index contributed by atoms with van der Waals surface area (Å²) in [5.41, 5.74) is 5.83. The van der Waals surface area contributed by atoms with Crippen LogP contribution in [-0.4, -0.2) is 33.0 Å². The molecule has 0 aliphatic heterocycles. The zero-order valence-corrected chi connectivity index (χ0v) is 13.6. The van der Waals surface area contributed by atoms with Crippen molar-refractivity contribution in [2.75, 3.05) is 5.73 Å². The number of anilines is 1. The molecule has 1 heterocycles. The molecule has 136 valence electrons. The third-order valence-electron chi connectivity index (χ3n) is 2.81. The lowest BCUT2D eigenvalue weighted by molar-refractivity contribution is -0.134. The van der Waals surface area contributed by atoms with Crippen LogP contribution in [0.4, 0.5) is 10.1 Å². The third kappa shape index (κ3) is 6.79. The maximum Gasteiger partial charge on any atom is 0.352 e. The van der Waals surface area contributed by atoms with Gasteiger partial charge in [-0.2, -0.15) is 0 Å². The zero-order valence-electron chi connectivity index (χ0n) is 13.6. The second kappa shape index (κ2) is 9.52. The van der Waals surface area contributed by atoms with Gasteiger partial charge in [0.2, 0.25) is 5.91 Å². The summed E-state index contributed by atoms with van der Waals surface area (Å²) in [6.07, 6.45) is 3.92. The van der Waals surface area contributed by atoms with Crippen molar-refractivity contribution in [1.82, 2.24) is 10.3 Å². The number of aromatic nitrogens is 1. The second-order valence-electron chi connectivity index (χ2n) is 4.86. The number of nitrogen functional groups attached to an aromatic ring is 1. The van der Waals surface area contributed by atoms with E-state index in [1.54, 1.807) is 0 Å². The molecule has 2 rings (SSSR count). The smallest absolute Gasteiger partial charge is 0.352 e. The molecule has 0 saturated heterocycles. The Morgan fingerprint density at radius 1 is 1.15 bits per heavy atom. The van der Waals surface area contributed by atoms with Crippen molar-refractivity contribution in [1.29, 1.82) is 0 Å². The first-order chi connectivity index (χ1) is 12.2. The van der Waals surface area contributed by atoms with Crippen molar-refractivity contribution in [3.8, 4) is 0 Å². The van der Waals surface area contributed by atoms with Crippen molar-refractivity contribution in [2.24, 2.45) is 0 Å². The quantitative estimate of drug-likeness (QED) is 0.608. The number of carbonyl (C=O) groups is 3. The highest BCUT2D eigenvalue weighted by Gasteiger charge is 2.08. The van der Waals surface area contributed by atoms with Gasteiger partial charge in [-0.25, -0.2) is 14.0 Å². The molecular weight excluding hydrogens is 345 g/mol. The Balaban J connectivity index is 0.000000289. The number of nitrogens with zero attached hydrogens (tertiary/aromatic N) is 1. The number of pyridine rings is 1. The number of rotatable bonds is 4. The molecule has 0 aliphatic rings. The molecule has 5 N–H and O–H groups in total. The fourth-order valence-electron chi connectivity index (χ4n) is 1.65. The van der Waals surface area contributed by atoms with Crippen LogP contribution >= 0.6 is 0 Å². The van der Waals surface area contributed by atoms with E-state index in [4.69, 9.17) is 15.9 Å². The Kier molecular flexibility index (Phi) is 7.43. The third-order valence-corrected chi connectivity index (χ3v) is 2.81. The number of hydrogen-bond donors (Lipinski definition) is 4. The number of hydrogen-bond acceptors (Lipinski definition) is 5. The Morgan fingerprint density at radius 2 is 1.77 bits per heavy atom. The highest BCUT2D eigenvalue weighted by molar-refractivity contribution is 5.96. The van der Waals surface area contributed by atoms with Crippen molar-refractivity contribution < 1.29 is 29.0 Å². The molecule has 0 atom stereocenters. The number of carboxylic acid groups (broad SMARTS) is 2. The van der Waals surface area contributed by atoms with Crippen LogP contribution in [0.1, 0.15) is 22.8 Å². The number of nitrogens with one attached hydrogen (secondary N) is 1. The molecule has 1 aromatic carbocycles. The monoisotopic (exact) mass is 361 g/mol. The zero-order chi connectivity index (χ0) is 19.7. The summed E-state index contributed by atoms with van der Waals surface area (Å²) in [5.74, 6) is -3.19. The number of aromatic carboxylic acids is 1. The van der Waals surface area contributed by atoms with E-state index in [0.717, 1.165) is 0 Å². The number of carbonyl (C=O) groups excluding carboxylic acids is 1. The van der Waals surface area contributed by atoms with Gasteiger partial charge >= 0.3 is 11.9 Å². The molecule has 26 heavy (non-hydrogen) atoms. The van der Waals surface area contributed by atoms with Crippen LogP contribution in [0.15, 0.2) is 48.4 Å². The molecule has 0 spiro atoms. The van der Waals surface area contributed by atoms with Crippen LogP contribution in [0.25, 0.3) is 6.08 Å². The van der Waals surface area contributed by atoms with Crippen LogP contribution < -0.4 is 11.1 Å². The minimum Gasteiger partial charge on any atom is -0.478 e. The summed E-state index contributed by atoms with van der Waals surface area (Å²) in [5, 5.41) is 19.4. The summed E-state index contributed by atoms with van der Waals surface area (Å²) in [7, 11) is 0. The van der Waals surface area contributed by atoms with Crippen molar-refractivity contribution in [3.05, 3.63) is 65.4 Å². The van der Waals surface area contributed by atoms with E-state index in [0.29, 0.717) is 5.56 Å². The standard InChI is InChI=1S/C11H10FNO3.C6H6N2O2/c1-7(14)13-10(11(15)16)6-8-2-4-9(12)5-3-8;7-5-1-2-8-3-4(5)6(9)10/h2-6H,1H3,(H,13,14)(H,15,16);1-3H,(H2,7,8)(H,9,10). The molecule has 0 unspecified atom stereocenters. The minimum absolute atomic E-state index is 0.0440. The van der Waals surface area contributed by atoms with Crippen molar-refractivity contribution >= 4 is 29.6 Å². The Labute approximate surface area is 147 Å². The number of carboxylic acids is 2. The van der Waals surface area contributed by atoms with Gasteiger partial charge in [-0.15, -0.1) is 0 Å². The summed E-state index contributed by atoms with van der Waals surface area (Å²) < 4.78 is 12.6. The maximum atomic E-state index is 12.6. The molecule has 0 aliphatic carbocycles. The van der Waals surface area contributed by atoms with Crippen molar-refractivity contribution in [3.63, 3.8) is 0 Å². The highest BCUT2D eigenvalue weighted by atomic mass is 19.1. The summed E-state index contributed by atoms with van der Waals surface area (Å²) >= 11 is 0. The van der Waals surface area contributed by atoms with E-state index in [-0.39, 0.29) is 16.9 Å². The number of nitrogens with two attached hydrogens (primary N) is 1. The van der Waals surface area contributed by atoms with Gasteiger partial charge in [-0.05, 0) is 29.8 Å². The first-order valence-electron chi connectivity index (χ1n) is 7.11. The predicted octanol–water partition coefficient (Wildman–Crippen LogP) is 1.75. The van der Waals surface area contributed by atoms with E-state index < -0.39 is 23.7 Å². The topological polar surface area (TPSA) is 143 Å². The van der Waals surface area contributed by atoms with E-state index >= 15 is 0 Å². The van der Waals surface area contributed by atoms with Gasteiger partial charge in [0.1, 0.15) is 17.1 Å². The van der Waals surface area contributed by atoms with Gasteiger partial charge in [-0.3, -0.25) is 9.78 Å². The normalized spacial score (nSPS) is 10.3. The molecule has 0 saturated carbocycles. The van der Waals surface area contributed by atoms with Gasteiger partial charge in [0.15, 0.2) is 0 Å². The van der Waals surface area contributed by atoms with Gasteiger partial charge < -0.3 is 21.3 Å². The maximum absolute atomic E-state index is 12.6. The lowest BCUT2D eigenvalue weighted by Crippen LogP contribution is -2.24. The molecule has 0 bridgehead atoms. The fraction of sp³-hybridized carbons (Fsp3) is 0.0588. The van der Waals surface area contributed by atoms with Crippen LogP contribution in [-0.2, 0) is 9.59 Å². The summed E-state index contributed by atoms with van der Waals surface area (Å²) in [6, 6.07) is 6.70. The van der Waals surface area contributed by atoms with E-state index in [9.17, 15) is 18.8 Å². The Morgan fingerprint density at radius 3 is 2.19 bits per heavy atom. The van der Waals surface area contributed by atoms with E-state index in [2.05, 4.69) is 10.3 Å². The predicted molar refractivity (Wildman–Crippen MR) is 91.4 cm³/mol. The fourth-order valence-corrected chi connectivity index (χ4v) is 1.65. The van der Waals surface area contributed by atoms with E-state index in [1.165, 1.54) is 55.7 Å². The molecule has 8 nitrogen and oxygen atoms in total. The van der Waals surface area contributed by atoms with Crippen LogP contribution in [0.5, 0.6) is 0 Å². The average Bonchev–Trinajstić information content (AvgIpc) is 2.56.